The topological polar surface area (TPSA) is 41.6 Å². The minimum atomic E-state index is -0.321. The van der Waals surface area contributed by atoms with Crippen LogP contribution in [0, 0.1) is 0 Å². The Morgan fingerprint density at radius 1 is 1.53 bits per heavy atom. The third kappa shape index (κ3) is 2.99. The molecule has 1 amide bonds. The molecule has 1 aliphatic heterocycles. The summed E-state index contributed by atoms with van der Waals surface area (Å²) in [5, 5.41) is 3.40. The van der Waals surface area contributed by atoms with Gasteiger partial charge in [-0.25, -0.2) is 0 Å². The minimum absolute atomic E-state index is 0.142. The van der Waals surface area contributed by atoms with Gasteiger partial charge < -0.3 is 15.0 Å². The Balaban J connectivity index is 2.77. The normalized spacial score (nSPS) is 25.9. The first-order valence-electron chi connectivity index (χ1n) is 6.66. The number of amides is 1. The van der Waals surface area contributed by atoms with Crippen LogP contribution >= 0.6 is 0 Å². The Hall–Kier alpha value is -0.610. The van der Waals surface area contributed by atoms with E-state index < -0.39 is 0 Å². The zero-order chi connectivity index (χ0) is 12.9. The lowest BCUT2D eigenvalue weighted by molar-refractivity contribution is -0.141. The van der Waals surface area contributed by atoms with E-state index in [1.165, 1.54) is 0 Å². The Morgan fingerprint density at radius 2 is 2.24 bits per heavy atom. The van der Waals surface area contributed by atoms with Crippen LogP contribution in [0.1, 0.15) is 40.0 Å². The molecular formula is C13H26N2O2. The lowest BCUT2D eigenvalue weighted by Gasteiger charge is -2.36. The van der Waals surface area contributed by atoms with Crippen molar-refractivity contribution in [3.63, 3.8) is 0 Å². The van der Waals surface area contributed by atoms with Crippen LogP contribution in [0.4, 0.5) is 0 Å². The monoisotopic (exact) mass is 242 g/mol. The lowest BCUT2D eigenvalue weighted by atomic mass is 9.92. The zero-order valence-electron chi connectivity index (χ0n) is 11.6. The van der Waals surface area contributed by atoms with Crippen molar-refractivity contribution in [3.8, 4) is 0 Å². The van der Waals surface area contributed by atoms with Crippen LogP contribution in [0.25, 0.3) is 0 Å². The zero-order valence-corrected chi connectivity index (χ0v) is 11.6. The maximum atomic E-state index is 12.7. The van der Waals surface area contributed by atoms with E-state index in [4.69, 9.17) is 4.74 Å². The molecule has 0 spiro atoms. The number of ether oxygens (including phenoxy) is 1. The molecule has 1 aliphatic rings. The largest absolute Gasteiger partial charge is 0.383 e. The van der Waals surface area contributed by atoms with Crippen LogP contribution < -0.4 is 5.32 Å². The van der Waals surface area contributed by atoms with Gasteiger partial charge in [-0.05, 0) is 39.7 Å². The van der Waals surface area contributed by atoms with E-state index in [9.17, 15) is 4.79 Å². The van der Waals surface area contributed by atoms with E-state index in [0.717, 1.165) is 32.4 Å². The van der Waals surface area contributed by atoms with Gasteiger partial charge in [-0.3, -0.25) is 4.79 Å². The smallest absolute Gasteiger partial charge is 0.243 e. The van der Waals surface area contributed by atoms with Crippen LogP contribution in [0.5, 0.6) is 0 Å². The predicted molar refractivity (Wildman–Crippen MR) is 69.0 cm³/mol. The summed E-state index contributed by atoms with van der Waals surface area (Å²) in [6, 6.07) is 0.142. The molecule has 4 nitrogen and oxygen atoms in total. The van der Waals surface area contributed by atoms with Gasteiger partial charge in [-0.1, -0.05) is 6.92 Å². The van der Waals surface area contributed by atoms with Gasteiger partial charge in [0.25, 0.3) is 0 Å². The molecule has 4 heteroatoms. The van der Waals surface area contributed by atoms with Gasteiger partial charge in [-0.15, -0.1) is 0 Å². The summed E-state index contributed by atoms with van der Waals surface area (Å²) in [5.41, 5.74) is -0.321. The molecule has 0 radical (unpaired) electrons. The summed E-state index contributed by atoms with van der Waals surface area (Å²) in [7, 11) is 1.68. The van der Waals surface area contributed by atoms with Gasteiger partial charge in [0.2, 0.25) is 5.91 Å². The molecule has 0 aliphatic carbocycles. The number of likely N-dealkylation sites (N-methyl/N-ethyl adjacent to an activating group) is 1. The Morgan fingerprint density at radius 3 is 2.65 bits per heavy atom. The number of nitrogens with zero attached hydrogens (tertiary/aromatic N) is 1. The van der Waals surface area contributed by atoms with E-state index in [0.29, 0.717) is 6.61 Å². The standard InChI is InChI=1S/C13H26N2O2/c1-5-13(8-7-9-14-13)12(16)15(6-2)11(3)10-17-4/h11,14H,5-10H2,1-4H3. The number of carbonyl (C=O) groups excluding carboxylic acids is 1. The highest BCUT2D eigenvalue weighted by Gasteiger charge is 2.42. The van der Waals surface area contributed by atoms with Crippen molar-refractivity contribution in [2.75, 3.05) is 26.8 Å². The summed E-state index contributed by atoms with van der Waals surface area (Å²) in [5.74, 6) is 0.240. The van der Waals surface area contributed by atoms with E-state index >= 15 is 0 Å². The molecule has 0 bridgehead atoms. The maximum absolute atomic E-state index is 12.7. The molecule has 0 aromatic rings. The minimum Gasteiger partial charge on any atom is -0.383 e. The van der Waals surface area contributed by atoms with Crippen molar-refractivity contribution in [2.45, 2.75) is 51.6 Å². The fraction of sp³-hybridized carbons (Fsp3) is 0.923. The molecule has 1 rings (SSSR count). The SMILES string of the molecule is CCN(C(=O)C1(CC)CCCN1)C(C)COC. The van der Waals surface area contributed by atoms with Crippen molar-refractivity contribution >= 4 is 5.91 Å². The van der Waals surface area contributed by atoms with E-state index in [1.807, 2.05) is 18.7 Å². The maximum Gasteiger partial charge on any atom is 0.243 e. The highest BCUT2D eigenvalue weighted by Crippen LogP contribution is 2.26. The van der Waals surface area contributed by atoms with Gasteiger partial charge in [0, 0.05) is 13.7 Å². The van der Waals surface area contributed by atoms with Crippen LogP contribution in [0.3, 0.4) is 0 Å². The fourth-order valence-electron chi connectivity index (χ4n) is 2.70. The van der Waals surface area contributed by atoms with Crippen molar-refractivity contribution in [1.82, 2.24) is 10.2 Å². The molecule has 0 aromatic heterocycles. The van der Waals surface area contributed by atoms with Gasteiger partial charge in [0.15, 0.2) is 0 Å². The van der Waals surface area contributed by atoms with Crippen LogP contribution in [0.15, 0.2) is 0 Å². The molecular weight excluding hydrogens is 216 g/mol. The first-order valence-corrected chi connectivity index (χ1v) is 6.66. The van der Waals surface area contributed by atoms with Crippen molar-refractivity contribution < 1.29 is 9.53 Å². The Kier molecular flexibility index (Phi) is 5.40. The van der Waals surface area contributed by atoms with Crippen LogP contribution in [-0.4, -0.2) is 49.2 Å². The molecule has 1 N–H and O–H groups in total. The molecule has 2 atom stereocenters. The summed E-state index contributed by atoms with van der Waals surface area (Å²) in [6.45, 7) is 8.46. The highest BCUT2D eigenvalue weighted by molar-refractivity contribution is 5.87. The second kappa shape index (κ2) is 6.36. The van der Waals surface area contributed by atoms with Gasteiger partial charge in [0.05, 0.1) is 18.2 Å². The van der Waals surface area contributed by atoms with E-state index in [1.54, 1.807) is 7.11 Å². The summed E-state index contributed by atoms with van der Waals surface area (Å²) in [6.07, 6.45) is 2.91. The quantitative estimate of drug-likeness (QED) is 0.765. The molecule has 1 fully saturated rings. The van der Waals surface area contributed by atoms with Crippen molar-refractivity contribution in [1.29, 1.82) is 0 Å². The molecule has 1 heterocycles. The number of nitrogens with one attached hydrogen (secondary N) is 1. The number of methoxy groups -OCH3 is 1. The number of carbonyl (C=O) groups is 1. The highest BCUT2D eigenvalue weighted by atomic mass is 16.5. The molecule has 2 unspecified atom stereocenters. The van der Waals surface area contributed by atoms with E-state index in [-0.39, 0.29) is 17.5 Å². The molecule has 0 aromatic carbocycles. The molecule has 1 saturated heterocycles. The first-order chi connectivity index (χ1) is 8.11. The molecule has 100 valence electrons. The second-order valence-electron chi connectivity index (χ2n) is 4.86. The number of rotatable bonds is 6. The fourth-order valence-corrected chi connectivity index (χ4v) is 2.70. The summed E-state index contributed by atoms with van der Waals surface area (Å²) in [4.78, 5) is 14.6. The average molecular weight is 242 g/mol. The molecule has 17 heavy (non-hydrogen) atoms. The third-order valence-corrected chi connectivity index (χ3v) is 3.80. The first kappa shape index (κ1) is 14.5. The van der Waals surface area contributed by atoms with Gasteiger partial charge in [0.1, 0.15) is 0 Å². The van der Waals surface area contributed by atoms with Gasteiger partial charge in [-0.2, -0.15) is 0 Å². The van der Waals surface area contributed by atoms with Crippen molar-refractivity contribution in [2.24, 2.45) is 0 Å². The summed E-state index contributed by atoms with van der Waals surface area (Å²) >= 11 is 0. The van der Waals surface area contributed by atoms with Crippen molar-refractivity contribution in [3.05, 3.63) is 0 Å². The Bertz CT molecular complexity index is 250. The van der Waals surface area contributed by atoms with Gasteiger partial charge >= 0.3 is 0 Å². The lowest BCUT2D eigenvalue weighted by Crippen LogP contribution is -2.57. The average Bonchev–Trinajstić information content (AvgIpc) is 2.80. The number of hydrogen-bond acceptors (Lipinski definition) is 3. The van der Waals surface area contributed by atoms with Crippen LogP contribution in [0.2, 0.25) is 0 Å². The number of hydrogen-bond donors (Lipinski definition) is 1. The Labute approximate surface area is 105 Å². The molecule has 0 saturated carbocycles. The second-order valence-corrected chi connectivity index (χ2v) is 4.86. The van der Waals surface area contributed by atoms with Crippen LogP contribution in [-0.2, 0) is 9.53 Å². The van der Waals surface area contributed by atoms with E-state index in [2.05, 4.69) is 12.2 Å². The predicted octanol–water partition coefficient (Wildman–Crippen LogP) is 1.40. The third-order valence-electron chi connectivity index (χ3n) is 3.80. The summed E-state index contributed by atoms with van der Waals surface area (Å²) < 4.78 is 5.15.